The van der Waals surface area contributed by atoms with Gasteiger partial charge >= 0.3 is 0 Å². The van der Waals surface area contributed by atoms with Gasteiger partial charge < -0.3 is 18.6 Å². The van der Waals surface area contributed by atoms with E-state index in [0.29, 0.717) is 42.7 Å². The van der Waals surface area contributed by atoms with Crippen molar-refractivity contribution in [1.82, 2.24) is 18.8 Å². The maximum Gasteiger partial charge on any atom is 0.289 e. The molecule has 1 aliphatic rings. The molecule has 0 N–H and O–H groups in total. The summed E-state index contributed by atoms with van der Waals surface area (Å²) in [4.78, 5) is 41.6. The van der Waals surface area contributed by atoms with Crippen LogP contribution >= 0.6 is 0 Å². The van der Waals surface area contributed by atoms with Crippen LogP contribution in [0.3, 0.4) is 0 Å². The normalized spacial score (nSPS) is 14.5. The highest BCUT2D eigenvalue weighted by Gasteiger charge is 2.26. The molecule has 31 heavy (non-hydrogen) atoms. The van der Waals surface area contributed by atoms with Crippen LogP contribution in [-0.4, -0.2) is 56.8 Å². The second-order valence-electron chi connectivity index (χ2n) is 7.44. The minimum atomic E-state index is -0.482. The Morgan fingerprint density at radius 2 is 1.71 bits per heavy atom. The van der Waals surface area contributed by atoms with Gasteiger partial charge in [-0.3, -0.25) is 19.0 Å². The summed E-state index contributed by atoms with van der Waals surface area (Å²) >= 11 is 0. The molecule has 1 aromatic carbocycles. The van der Waals surface area contributed by atoms with Crippen molar-refractivity contribution in [3.8, 4) is 0 Å². The summed E-state index contributed by atoms with van der Waals surface area (Å²) in [5.74, 6) is -0.688. The smallest absolute Gasteiger partial charge is 0.289 e. The molecule has 158 valence electrons. The van der Waals surface area contributed by atoms with Gasteiger partial charge in [-0.25, -0.2) is 4.39 Å². The molecule has 1 fully saturated rings. The fourth-order valence-electron chi connectivity index (χ4n) is 4.04. The molecule has 4 aromatic rings. The molecule has 0 saturated carbocycles. The molecule has 8 nitrogen and oxygen atoms in total. The molecule has 0 aliphatic carbocycles. The number of carbonyl (C=O) groups excluding carboxylic acids is 2. The van der Waals surface area contributed by atoms with Crippen LogP contribution in [0.25, 0.3) is 16.6 Å². The number of furan rings is 1. The van der Waals surface area contributed by atoms with Crippen molar-refractivity contribution in [2.24, 2.45) is 0 Å². The van der Waals surface area contributed by atoms with E-state index in [1.165, 1.54) is 23.0 Å². The molecular weight excluding hydrogens is 403 g/mol. The number of halogens is 1. The first-order valence-electron chi connectivity index (χ1n) is 9.92. The topological polar surface area (TPSA) is 80.2 Å². The number of hydrogen-bond donors (Lipinski definition) is 0. The summed E-state index contributed by atoms with van der Waals surface area (Å²) in [6.07, 6.45) is 3.18. The molecule has 0 radical (unpaired) electrons. The molecule has 0 unspecified atom stereocenters. The van der Waals surface area contributed by atoms with Gasteiger partial charge in [-0.1, -0.05) is 0 Å². The molecule has 1 aliphatic heterocycles. The summed E-state index contributed by atoms with van der Waals surface area (Å²) < 4.78 is 22.1. The number of piperazine rings is 1. The highest BCUT2D eigenvalue weighted by Crippen LogP contribution is 2.17. The molecule has 5 rings (SSSR count). The fourth-order valence-corrected chi connectivity index (χ4v) is 4.04. The molecule has 3 aromatic heterocycles. The number of benzene rings is 1. The lowest BCUT2D eigenvalue weighted by molar-refractivity contribution is -0.133. The van der Waals surface area contributed by atoms with E-state index in [4.69, 9.17) is 4.42 Å². The molecule has 9 heteroatoms. The summed E-state index contributed by atoms with van der Waals surface area (Å²) in [7, 11) is 0. The number of amides is 2. The van der Waals surface area contributed by atoms with E-state index < -0.39 is 5.82 Å². The maximum atomic E-state index is 13.9. The molecule has 1 saturated heterocycles. The van der Waals surface area contributed by atoms with Crippen molar-refractivity contribution >= 4 is 28.4 Å². The predicted octanol–water partition coefficient (Wildman–Crippen LogP) is 1.97. The largest absolute Gasteiger partial charge is 0.459 e. The van der Waals surface area contributed by atoms with Crippen LogP contribution < -0.4 is 5.56 Å². The first-order chi connectivity index (χ1) is 15.0. The minimum absolute atomic E-state index is 0.202. The van der Waals surface area contributed by atoms with Gasteiger partial charge in [0.25, 0.3) is 11.5 Å². The van der Waals surface area contributed by atoms with E-state index in [0.717, 1.165) is 0 Å². The monoisotopic (exact) mass is 422 g/mol. The van der Waals surface area contributed by atoms with E-state index in [1.54, 1.807) is 50.7 Å². The van der Waals surface area contributed by atoms with Crippen LogP contribution in [0, 0.1) is 5.82 Å². The summed E-state index contributed by atoms with van der Waals surface area (Å²) in [6, 6.07) is 10.9. The third-order valence-corrected chi connectivity index (χ3v) is 5.65. The van der Waals surface area contributed by atoms with Crippen molar-refractivity contribution in [2.75, 3.05) is 26.2 Å². The van der Waals surface area contributed by atoms with Gasteiger partial charge in [0.1, 0.15) is 17.9 Å². The van der Waals surface area contributed by atoms with Gasteiger partial charge in [0.05, 0.1) is 17.3 Å². The van der Waals surface area contributed by atoms with Crippen molar-refractivity contribution in [1.29, 1.82) is 0 Å². The average molecular weight is 422 g/mol. The maximum absolute atomic E-state index is 13.9. The van der Waals surface area contributed by atoms with E-state index in [1.807, 2.05) is 0 Å². The van der Waals surface area contributed by atoms with Crippen molar-refractivity contribution in [2.45, 2.75) is 6.54 Å². The number of nitrogens with zero attached hydrogens (tertiary/aromatic N) is 4. The molecule has 0 spiro atoms. The number of fused-ring (bicyclic) bond motifs is 3. The summed E-state index contributed by atoms with van der Waals surface area (Å²) in [5, 5.41) is 0. The van der Waals surface area contributed by atoms with E-state index in [2.05, 4.69) is 0 Å². The highest BCUT2D eigenvalue weighted by atomic mass is 19.1. The van der Waals surface area contributed by atoms with Crippen molar-refractivity contribution in [3.63, 3.8) is 0 Å². The average Bonchev–Trinajstić information content (AvgIpc) is 3.48. The van der Waals surface area contributed by atoms with Crippen LogP contribution in [0.15, 0.2) is 64.1 Å². The Bertz CT molecular complexity index is 1350. The standard InChI is InChI=1S/C22H19FN4O4/c23-15-5-6-16-18(13-15)27(21(29)17-3-1-7-26(16)17)14-20(28)24-8-10-25(11-9-24)22(30)19-4-2-12-31-19/h1-7,12-13H,8-11,14H2. The Morgan fingerprint density at radius 3 is 2.45 bits per heavy atom. The van der Waals surface area contributed by atoms with Crippen LogP contribution in [0.5, 0.6) is 0 Å². The van der Waals surface area contributed by atoms with Gasteiger partial charge in [0.2, 0.25) is 5.91 Å². The summed E-state index contributed by atoms with van der Waals surface area (Å²) in [6.45, 7) is 1.23. The Hall–Kier alpha value is -3.88. The van der Waals surface area contributed by atoms with Gasteiger partial charge in [-0.2, -0.15) is 0 Å². The zero-order chi connectivity index (χ0) is 21.5. The second kappa shape index (κ2) is 7.42. The van der Waals surface area contributed by atoms with Crippen LogP contribution in [0.4, 0.5) is 4.39 Å². The molecular formula is C22H19FN4O4. The molecule has 0 bridgehead atoms. The number of carbonyl (C=O) groups is 2. The number of aromatic nitrogens is 2. The lowest BCUT2D eigenvalue weighted by Crippen LogP contribution is -2.51. The lowest BCUT2D eigenvalue weighted by atomic mass is 10.2. The number of rotatable bonds is 3. The van der Waals surface area contributed by atoms with E-state index in [9.17, 15) is 18.8 Å². The first-order valence-corrected chi connectivity index (χ1v) is 9.92. The fraction of sp³-hybridized carbons (Fsp3) is 0.227. The van der Waals surface area contributed by atoms with Gasteiger partial charge in [0.15, 0.2) is 5.76 Å². The second-order valence-corrected chi connectivity index (χ2v) is 7.44. The lowest BCUT2D eigenvalue weighted by Gasteiger charge is -2.34. The molecule has 4 heterocycles. The van der Waals surface area contributed by atoms with Gasteiger partial charge in [-0.05, 0) is 42.5 Å². The third-order valence-electron chi connectivity index (χ3n) is 5.65. The quantitative estimate of drug-likeness (QED) is 0.506. The first kappa shape index (κ1) is 19.1. The van der Waals surface area contributed by atoms with E-state index >= 15 is 0 Å². The number of hydrogen-bond acceptors (Lipinski definition) is 4. The van der Waals surface area contributed by atoms with E-state index in [-0.39, 0.29) is 29.7 Å². The van der Waals surface area contributed by atoms with Crippen molar-refractivity contribution < 1.29 is 18.4 Å². The zero-order valence-electron chi connectivity index (χ0n) is 16.5. The minimum Gasteiger partial charge on any atom is -0.459 e. The Kier molecular flexibility index (Phi) is 4.58. The highest BCUT2D eigenvalue weighted by molar-refractivity contribution is 5.91. The SMILES string of the molecule is O=C(Cn1c(=O)c2cccn2c2ccc(F)cc21)N1CCN(C(=O)c2ccco2)CC1. The van der Waals surface area contributed by atoms with Crippen LogP contribution in [-0.2, 0) is 11.3 Å². The van der Waals surface area contributed by atoms with Crippen LogP contribution in [0.2, 0.25) is 0 Å². The van der Waals surface area contributed by atoms with Crippen LogP contribution in [0.1, 0.15) is 10.6 Å². The van der Waals surface area contributed by atoms with Gasteiger partial charge in [-0.15, -0.1) is 0 Å². The third kappa shape index (κ3) is 3.27. The van der Waals surface area contributed by atoms with Crippen molar-refractivity contribution in [3.05, 3.63) is 76.9 Å². The van der Waals surface area contributed by atoms with Gasteiger partial charge in [0, 0.05) is 32.4 Å². The molecule has 0 atom stereocenters. The molecule has 2 amide bonds. The Labute approximate surface area is 175 Å². The Morgan fingerprint density at radius 1 is 0.935 bits per heavy atom. The zero-order valence-corrected chi connectivity index (χ0v) is 16.5. The predicted molar refractivity (Wildman–Crippen MR) is 110 cm³/mol. The summed E-state index contributed by atoms with van der Waals surface area (Å²) in [5.41, 5.74) is 1.06. The Balaban J connectivity index is 1.38.